The number of benzene rings is 1. The first-order valence-electron chi connectivity index (χ1n) is 5.65. The quantitative estimate of drug-likeness (QED) is 0.756. The molecule has 1 atom stereocenters. The molecule has 16 heavy (non-hydrogen) atoms. The van der Waals surface area contributed by atoms with Crippen LogP contribution in [0.4, 0.5) is 0 Å². The number of hydrogen-bond acceptors (Lipinski definition) is 1. The smallest absolute Gasteiger partial charge is 0.101 e. The molecule has 0 bridgehead atoms. The molecule has 1 aromatic carbocycles. The van der Waals surface area contributed by atoms with Gasteiger partial charge in [-0.25, -0.2) is 0 Å². The number of rotatable bonds is 4. The summed E-state index contributed by atoms with van der Waals surface area (Å²) in [7, 11) is 0. The van der Waals surface area contributed by atoms with E-state index in [0.29, 0.717) is 0 Å². The average molecular weight is 216 g/mol. The largest absolute Gasteiger partial charge is 0.384 e. The molecule has 0 aliphatic heterocycles. The molecule has 0 radical (unpaired) electrons. The Morgan fingerprint density at radius 2 is 2.06 bits per heavy atom. The van der Waals surface area contributed by atoms with Crippen LogP contribution in [0.1, 0.15) is 37.5 Å². The maximum atomic E-state index is 10.3. The van der Waals surface area contributed by atoms with Crippen molar-refractivity contribution in [2.24, 2.45) is 0 Å². The predicted octanol–water partition coefficient (Wildman–Crippen LogP) is 3.94. The van der Waals surface area contributed by atoms with Crippen molar-refractivity contribution in [1.82, 2.24) is 0 Å². The summed E-state index contributed by atoms with van der Waals surface area (Å²) in [4.78, 5) is 0. The minimum atomic E-state index is -0.511. The molecule has 1 aromatic rings. The van der Waals surface area contributed by atoms with Gasteiger partial charge in [-0.05, 0) is 37.0 Å². The van der Waals surface area contributed by atoms with Crippen LogP contribution in [0.25, 0.3) is 0 Å². The highest BCUT2D eigenvalue weighted by Gasteiger charge is 2.13. The molecular formula is C15H20O. The Morgan fingerprint density at radius 3 is 2.56 bits per heavy atom. The number of aliphatic hydroxyl groups excluding tert-OH is 1. The van der Waals surface area contributed by atoms with Gasteiger partial charge in [0.15, 0.2) is 0 Å². The van der Waals surface area contributed by atoms with E-state index >= 15 is 0 Å². The summed E-state index contributed by atoms with van der Waals surface area (Å²) in [6.07, 6.45) is 2.29. The third-order valence-electron chi connectivity index (χ3n) is 2.67. The van der Waals surface area contributed by atoms with Gasteiger partial charge in [0.2, 0.25) is 0 Å². The molecule has 0 aliphatic rings. The number of hydrogen-bond donors (Lipinski definition) is 1. The van der Waals surface area contributed by atoms with Gasteiger partial charge in [-0.1, -0.05) is 49.4 Å². The van der Waals surface area contributed by atoms with Gasteiger partial charge >= 0.3 is 0 Å². The standard InChI is InChI=1S/C15H20O/c1-5-13(10-11(2)3)15(16)14-9-7-6-8-12(14)4/h6-10,15-16H,2,5H2,1,3-4H3/b13-10+/t15-/m1/s1. The Labute approximate surface area is 98.1 Å². The molecule has 0 aliphatic carbocycles. The number of allylic oxidation sites excluding steroid dienone is 2. The van der Waals surface area contributed by atoms with Crippen molar-refractivity contribution < 1.29 is 5.11 Å². The highest BCUT2D eigenvalue weighted by Crippen LogP contribution is 2.27. The maximum absolute atomic E-state index is 10.3. The van der Waals surface area contributed by atoms with Gasteiger partial charge < -0.3 is 5.11 Å². The molecule has 0 heterocycles. The summed E-state index contributed by atoms with van der Waals surface area (Å²) in [5.74, 6) is 0. The summed E-state index contributed by atoms with van der Waals surface area (Å²) in [5, 5.41) is 10.3. The maximum Gasteiger partial charge on any atom is 0.101 e. The van der Waals surface area contributed by atoms with Crippen LogP contribution in [0.2, 0.25) is 0 Å². The number of aliphatic hydroxyl groups is 1. The molecule has 0 spiro atoms. The SMILES string of the molecule is C=C(C)/C=C(\CC)[C@@H](O)c1ccccc1C. The second-order valence-corrected chi connectivity index (χ2v) is 4.18. The van der Waals surface area contributed by atoms with E-state index in [-0.39, 0.29) is 0 Å². The molecule has 1 rings (SSSR count). The van der Waals surface area contributed by atoms with Gasteiger partial charge in [-0.3, -0.25) is 0 Å². The van der Waals surface area contributed by atoms with Crippen LogP contribution in [0.3, 0.4) is 0 Å². The number of aryl methyl sites for hydroxylation is 1. The van der Waals surface area contributed by atoms with E-state index in [2.05, 4.69) is 13.5 Å². The van der Waals surface area contributed by atoms with Gasteiger partial charge in [0.1, 0.15) is 6.10 Å². The Balaban J connectivity index is 3.05. The summed E-state index contributed by atoms with van der Waals surface area (Å²) < 4.78 is 0. The van der Waals surface area contributed by atoms with Crippen LogP contribution in [0, 0.1) is 6.92 Å². The monoisotopic (exact) mass is 216 g/mol. The summed E-state index contributed by atoms with van der Waals surface area (Å²) >= 11 is 0. The van der Waals surface area contributed by atoms with Crippen LogP contribution >= 0.6 is 0 Å². The highest BCUT2D eigenvalue weighted by atomic mass is 16.3. The normalized spacial score (nSPS) is 13.6. The van der Waals surface area contributed by atoms with Crippen molar-refractivity contribution in [1.29, 1.82) is 0 Å². The second kappa shape index (κ2) is 5.66. The van der Waals surface area contributed by atoms with Crippen molar-refractivity contribution in [2.45, 2.75) is 33.3 Å². The molecule has 1 nitrogen and oxygen atoms in total. The Morgan fingerprint density at radius 1 is 1.44 bits per heavy atom. The van der Waals surface area contributed by atoms with E-state index in [1.165, 1.54) is 0 Å². The van der Waals surface area contributed by atoms with E-state index in [0.717, 1.165) is 28.7 Å². The Hall–Kier alpha value is -1.34. The van der Waals surface area contributed by atoms with Gasteiger partial charge in [-0.2, -0.15) is 0 Å². The zero-order valence-corrected chi connectivity index (χ0v) is 10.3. The van der Waals surface area contributed by atoms with Crippen molar-refractivity contribution in [3.05, 3.63) is 59.2 Å². The Kier molecular flexibility index (Phi) is 4.51. The fourth-order valence-corrected chi connectivity index (χ4v) is 1.78. The molecule has 0 amide bonds. The third kappa shape index (κ3) is 3.07. The minimum Gasteiger partial charge on any atom is -0.384 e. The molecule has 0 aromatic heterocycles. The van der Waals surface area contributed by atoms with Gasteiger partial charge in [-0.15, -0.1) is 0 Å². The molecule has 0 unspecified atom stereocenters. The van der Waals surface area contributed by atoms with E-state index < -0.39 is 6.10 Å². The molecule has 0 saturated carbocycles. The van der Waals surface area contributed by atoms with Crippen LogP contribution in [0.5, 0.6) is 0 Å². The molecule has 0 saturated heterocycles. The molecule has 1 N–H and O–H groups in total. The van der Waals surface area contributed by atoms with Crippen LogP contribution in [0.15, 0.2) is 48.1 Å². The lowest BCUT2D eigenvalue weighted by Gasteiger charge is -2.16. The second-order valence-electron chi connectivity index (χ2n) is 4.18. The molecule has 1 heteroatoms. The minimum absolute atomic E-state index is 0.511. The third-order valence-corrected chi connectivity index (χ3v) is 2.67. The van der Waals surface area contributed by atoms with Crippen molar-refractivity contribution in [3.63, 3.8) is 0 Å². The molecule has 0 fully saturated rings. The zero-order valence-electron chi connectivity index (χ0n) is 10.3. The van der Waals surface area contributed by atoms with Crippen LogP contribution in [-0.4, -0.2) is 5.11 Å². The average Bonchev–Trinajstić information content (AvgIpc) is 2.25. The first kappa shape index (κ1) is 12.7. The molecular weight excluding hydrogens is 196 g/mol. The van der Waals surface area contributed by atoms with Gasteiger partial charge in [0, 0.05) is 0 Å². The topological polar surface area (TPSA) is 20.2 Å². The van der Waals surface area contributed by atoms with Crippen molar-refractivity contribution in [2.75, 3.05) is 0 Å². The lowest BCUT2D eigenvalue weighted by Crippen LogP contribution is -2.03. The van der Waals surface area contributed by atoms with Crippen molar-refractivity contribution >= 4 is 0 Å². The fourth-order valence-electron chi connectivity index (χ4n) is 1.78. The first-order valence-corrected chi connectivity index (χ1v) is 5.65. The molecule has 86 valence electrons. The van der Waals surface area contributed by atoms with E-state index in [9.17, 15) is 5.11 Å². The van der Waals surface area contributed by atoms with E-state index in [1.807, 2.05) is 44.2 Å². The predicted molar refractivity (Wildman–Crippen MR) is 69.3 cm³/mol. The van der Waals surface area contributed by atoms with E-state index in [4.69, 9.17) is 0 Å². The van der Waals surface area contributed by atoms with Gasteiger partial charge in [0.25, 0.3) is 0 Å². The summed E-state index contributed by atoms with van der Waals surface area (Å²) in [6, 6.07) is 7.94. The van der Waals surface area contributed by atoms with Gasteiger partial charge in [0.05, 0.1) is 0 Å². The fraction of sp³-hybridized carbons (Fsp3) is 0.333. The highest BCUT2D eigenvalue weighted by molar-refractivity contribution is 5.34. The van der Waals surface area contributed by atoms with Crippen molar-refractivity contribution in [3.8, 4) is 0 Å². The van der Waals surface area contributed by atoms with E-state index in [1.54, 1.807) is 0 Å². The van der Waals surface area contributed by atoms with Crippen LogP contribution in [-0.2, 0) is 0 Å². The summed E-state index contributed by atoms with van der Waals surface area (Å²) in [6.45, 7) is 9.87. The lowest BCUT2D eigenvalue weighted by molar-refractivity contribution is 0.211. The first-order chi connectivity index (χ1) is 7.56. The summed E-state index contributed by atoms with van der Waals surface area (Å²) in [5.41, 5.74) is 4.10. The lowest BCUT2D eigenvalue weighted by atomic mass is 9.95. The van der Waals surface area contributed by atoms with Crippen LogP contribution < -0.4 is 0 Å². The zero-order chi connectivity index (χ0) is 12.1. The Bertz CT molecular complexity index is 402.